The van der Waals surface area contributed by atoms with E-state index >= 15 is 0 Å². The zero-order valence-corrected chi connectivity index (χ0v) is 12.8. The maximum atomic E-state index is 11.9. The molecule has 0 spiro atoms. The molecule has 0 radical (unpaired) electrons. The number of piperidine rings is 1. The number of nitrogens with one attached hydrogen (secondary N) is 2. The topological polar surface area (TPSA) is 78.5 Å². The van der Waals surface area contributed by atoms with Crippen molar-refractivity contribution >= 4 is 16.1 Å². The lowest BCUT2D eigenvalue weighted by atomic mass is 10.1. The van der Waals surface area contributed by atoms with Gasteiger partial charge >= 0.3 is 6.03 Å². The molecule has 1 heterocycles. The van der Waals surface area contributed by atoms with Gasteiger partial charge in [0.15, 0.2) is 0 Å². The molecule has 1 aliphatic rings. The first-order valence-electron chi connectivity index (χ1n) is 6.90. The fourth-order valence-electron chi connectivity index (χ4n) is 2.15. The summed E-state index contributed by atoms with van der Waals surface area (Å²) in [6.07, 6.45) is 1.99. The van der Waals surface area contributed by atoms with Crippen LogP contribution in [-0.2, 0) is 10.0 Å². The summed E-state index contributed by atoms with van der Waals surface area (Å²) in [5.41, 5.74) is 0. The Hall–Kier alpha value is -0.820. The summed E-state index contributed by atoms with van der Waals surface area (Å²) in [5.74, 6) is 0.207. The highest BCUT2D eigenvalue weighted by Crippen LogP contribution is 2.15. The number of hydrogen-bond donors (Lipinski definition) is 2. The number of amides is 2. The van der Waals surface area contributed by atoms with Crippen molar-refractivity contribution in [3.63, 3.8) is 0 Å². The number of urea groups is 1. The van der Waals surface area contributed by atoms with E-state index < -0.39 is 10.0 Å². The first-order valence-corrected chi connectivity index (χ1v) is 8.51. The summed E-state index contributed by atoms with van der Waals surface area (Å²) >= 11 is 0. The molecule has 2 amide bonds. The summed E-state index contributed by atoms with van der Waals surface area (Å²) in [5, 5.41) is 5.65. The quantitative estimate of drug-likeness (QED) is 0.790. The van der Waals surface area contributed by atoms with Crippen molar-refractivity contribution in [1.29, 1.82) is 0 Å². The number of carbonyl (C=O) groups is 1. The third-order valence-corrected chi connectivity index (χ3v) is 5.14. The van der Waals surface area contributed by atoms with Crippen LogP contribution in [0.3, 0.4) is 0 Å². The van der Waals surface area contributed by atoms with E-state index in [1.165, 1.54) is 4.31 Å². The Bertz CT molecular complexity index is 387. The van der Waals surface area contributed by atoms with E-state index in [0.717, 1.165) is 0 Å². The summed E-state index contributed by atoms with van der Waals surface area (Å²) in [4.78, 5) is 11.5. The lowest BCUT2D eigenvalue weighted by molar-refractivity contribution is 0.225. The Balaban J connectivity index is 2.39. The minimum atomic E-state index is -3.10. The van der Waals surface area contributed by atoms with Crippen LogP contribution in [0.2, 0.25) is 0 Å². The maximum Gasteiger partial charge on any atom is 0.315 e. The monoisotopic (exact) mass is 291 g/mol. The number of rotatable bonds is 5. The molecule has 0 aromatic carbocycles. The van der Waals surface area contributed by atoms with Crippen LogP contribution in [0, 0.1) is 0 Å². The van der Waals surface area contributed by atoms with Crippen LogP contribution in [0.5, 0.6) is 0 Å². The molecule has 19 heavy (non-hydrogen) atoms. The van der Waals surface area contributed by atoms with Crippen molar-refractivity contribution in [3.05, 3.63) is 0 Å². The molecule has 0 aromatic rings. The second-order valence-electron chi connectivity index (χ2n) is 5.26. The van der Waals surface area contributed by atoms with Gasteiger partial charge in [-0.05, 0) is 33.1 Å². The zero-order chi connectivity index (χ0) is 14.5. The predicted octanol–water partition coefficient (Wildman–Crippen LogP) is 0.898. The molecule has 0 atom stereocenters. The van der Waals surface area contributed by atoms with Gasteiger partial charge in [0.05, 0.1) is 5.75 Å². The van der Waals surface area contributed by atoms with E-state index in [1.807, 2.05) is 20.8 Å². The largest absolute Gasteiger partial charge is 0.336 e. The van der Waals surface area contributed by atoms with Gasteiger partial charge in [0.2, 0.25) is 10.0 Å². The highest BCUT2D eigenvalue weighted by molar-refractivity contribution is 7.89. The fourth-order valence-corrected chi connectivity index (χ4v) is 3.70. The Morgan fingerprint density at radius 2 is 1.89 bits per heavy atom. The Kier molecular flexibility index (Phi) is 6.06. The number of hydrogen-bond acceptors (Lipinski definition) is 3. The standard InChI is InChI=1S/C12H25N3O3S/c1-4-9-19(17,18)15-7-5-11(6-8-15)14-12(16)13-10(2)3/h10-11H,4-9H2,1-3H3,(H2,13,14,16). The Morgan fingerprint density at radius 1 is 1.32 bits per heavy atom. The van der Waals surface area contributed by atoms with E-state index in [0.29, 0.717) is 32.4 Å². The van der Waals surface area contributed by atoms with Crippen LogP contribution in [0.1, 0.15) is 40.0 Å². The summed E-state index contributed by atoms with van der Waals surface area (Å²) in [7, 11) is -3.10. The van der Waals surface area contributed by atoms with E-state index in [2.05, 4.69) is 10.6 Å². The smallest absolute Gasteiger partial charge is 0.315 e. The van der Waals surface area contributed by atoms with Gasteiger partial charge in [-0.1, -0.05) is 6.92 Å². The summed E-state index contributed by atoms with van der Waals surface area (Å²) in [6.45, 7) is 6.66. The van der Waals surface area contributed by atoms with E-state index in [9.17, 15) is 13.2 Å². The molecule has 6 nitrogen and oxygen atoms in total. The first kappa shape index (κ1) is 16.2. The molecule has 2 N–H and O–H groups in total. The molecular formula is C12H25N3O3S. The van der Waals surface area contributed by atoms with Gasteiger partial charge < -0.3 is 10.6 Å². The molecular weight excluding hydrogens is 266 g/mol. The van der Waals surface area contributed by atoms with Gasteiger partial charge in [-0.2, -0.15) is 0 Å². The molecule has 0 unspecified atom stereocenters. The second kappa shape index (κ2) is 7.09. The average Bonchev–Trinajstić information content (AvgIpc) is 2.28. The van der Waals surface area contributed by atoms with E-state index in [-0.39, 0.29) is 23.9 Å². The number of nitrogens with zero attached hydrogens (tertiary/aromatic N) is 1. The van der Waals surface area contributed by atoms with Crippen molar-refractivity contribution < 1.29 is 13.2 Å². The van der Waals surface area contributed by atoms with Gasteiger partial charge in [0, 0.05) is 25.2 Å². The van der Waals surface area contributed by atoms with Crippen LogP contribution in [-0.4, -0.2) is 49.7 Å². The first-order chi connectivity index (χ1) is 8.85. The van der Waals surface area contributed by atoms with Gasteiger partial charge in [-0.3, -0.25) is 0 Å². The maximum absolute atomic E-state index is 11.9. The minimum absolute atomic E-state index is 0.0619. The van der Waals surface area contributed by atoms with E-state index in [1.54, 1.807) is 0 Å². The van der Waals surface area contributed by atoms with Gasteiger partial charge in [0.1, 0.15) is 0 Å². The zero-order valence-electron chi connectivity index (χ0n) is 12.0. The molecule has 1 rings (SSSR count). The van der Waals surface area contributed by atoms with Crippen molar-refractivity contribution in [3.8, 4) is 0 Å². The normalized spacial score (nSPS) is 18.5. The molecule has 0 aliphatic carbocycles. The van der Waals surface area contributed by atoms with Gasteiger partial charge in [0.25, 0.3) is 0 Å². The average molecular weight is 291 g/mol. The molecule has 1 fully saturated rings. The molecule has 0 bridgehead atoms. The minimum Gasteiger partial charge on any atom is -0.336 e. The Labute approximate surface area is 116 Å². The SMILES string of the molecule is CCCS(=O)(=O)N1CCC(NC(=O)NC(C)C)CC1. The molecule has 0 saturated carbocycles. The van der Waals surface area contributed by atoms with Crippen molar-refractivity contribution in [2.75, 3.05) is 18.8 Å². The van der Waals surface area contributed by atoms with E-state index in [4.69, 9.17) is 0 Å². The number of carbonyl (C=O) groups excluding carboxylic acids is 1. The van der Waals surface area contributed by atoms with Crippen LogP contribution in [0.25, 0.3) is 0 Å². The highest BCUT2D eigenvalue weighted by Gasteiger charge is 2.27. The third-order valence-electron chi connectivity index (χ3n) is 3.06. The second-order valence-corrected chi connectivity index (χ2v) is 7.35. The molecule has 112 valence electrons. The molecule has 7 heteroatoms. The van der Waals surface area contributed by atoms with Crippen molar-refractivity contribution in [2.24, 2.45) is 0 Å². The Morgan fingerprint density at radius 3 is 2.37 bits per heavy atom. The van der Waals surface area contributed by atoms with Crippen molar-refractivity contribution in [1.82, 2.24) is 14.9 Å². The fraction of sp³-hybridized carbons (Fsp3) is 0.917. The molecule has 1 aliphatic heterocycles. The molecule has 0 aromatic heterocycles. The summed E-state index contributed by atoms with van der Waals surface area (Å²) in [6, 6.07) is -0.0123. The van der Waals surface area contributed by atoms with Crippen LogP contribution < -0.4 is 10.6 Å². The number of sulfonamides is 1. The predicted molar refractivity (Wildman–Crippen MR) is 75.5 cm³/mol. The van der Waals surface area contributed by atoms with Crippen LogP contribution in [0.15, 0.2) is 0 Å². The molecule has 1 saturated heterocycles. The summed E-state index contributed by atoms with van der Waals surface area (Å²) < 4.78 is 25.3. The lowest BCUT2D eigenvalue weighted by Gasteiger charge is -2.31. The highest BCUT2D eigenvalue weighted by atomic mass is 32.2. The van der Waals surface area contributed by atoms with Gasteiger partial charge in [-0.25, -0.2) is 17.5 Å². The van der Waals surface area contributed by atoms with Gasteiger partial charge in [-0.15, -0.1) is 0 Å². The van der Waals surface area contributed by atoms with Crippen LogP contribution >= 0.6 is 0 Å². The lowest BCUT2D eigenvalue weighted by Crippen LogP contribution is -2.50. The third kappa shape index (κ3) is 5.36. The van der Waals surface area contributed by atoms with Crippen LogP contribution in [0.4, 0.5) is 4.79 Å². The van der Waals surface area contributed by atoms with Crippen molar-refractivity contribution in [2.45, 2.75) is 52.1 Å².